The van der Waals surface area contributed by atoms with Crippen LogP contribution in [0.3, 0.4) is 0 Å². The number of amides is 1. The van der Waals surface area contributed by atoms with Gasteiger partial charge in [-0.15, -0.1) is 0 Å². The van der Waals surface area contributed by atoms with E-state index in [2.05, 4.69) is 10.8 Å². The number of rotatable bonds is 7. The third kappa shape index (κ3) is 4.93. The number of hydrogen-bond acceptors (Lipinski definition) is 4. The largest absolute Gasteiger partial charge is 0.380 e. The molecule has 0 fully saturated rings. The van der Waals surface area contributed by atoms with E-state index in [1.807, 2.05) is 36.4 Å². The summed E-state index contributed by atoms with van der Waals surface area (Å²) in [6.45, 7) is 0.596. The minimum Gasteiger partial charge on any atom is -0.380 e. The minimum absolute atomic E-state index is 0.0142. The molecule has 3 aromatic carbocycles. The molecule has 0 atom stereocenters. The van der Waals surface area contributed by atoms with E-state index < -0.39 is 5.82 Å². The molecule has 1 amide bonds. The molecule has 0 radical (unpaired) electrons. The summed E-state index contributed by atoms with van der Waals surface area (Å²) in [5.74, 6) is -0.933. The maximum absolute atomic E-state index is 13.4. The number of nitrogens with one attached hydrogen (secondary N) is 2. The Labute approximate surface area is 162 Å². The lowest BCUT2D eigenvalue weighted by Crippen LogP contribution is -2.24. The first-order chi connectivity index (χ1) is 13.7. The monoisotopic (exact) mass is 375 g/mol. The molecule has 0 aromatic heterocycles. The Morgan fingerprint density at radius 1 is 1.00 bits per heavy atom. The van der Waals surface area contributed by atoms with Crippen LogP contribution in [0.5, 0.6) is 0 Å². The van der Waals surface area contributed by atoms with Gasteiger partial charge in [0.15, 0.2) is 0 Å². The van der Waals surface area contributed by atoms with Crippen LogP contribution in [-0.2, 0) is 18.0 Å². The van der Waals surface area contributed by atoms with Crippen LogP contribution < -0.4 is 10.8 Å². The highest BCUT2D eigenvalue weighted by molar-refractivity contribution is 5.99. The van der Waals surface area contributed by atoms with Crippen LogP contribution in [0.2, 0.25) is 0 Å². The van der Waals surface area contributed by atoms with Gasteiger partial charge in [0.1, 0.15) is 11.9 Å². The molecule has 0 bridgehead atoms. The summed E-state index contributed by atoms with van der Waals surface area (Å²) in [4.78, 5) is 17.7. The van der Waals surface area contributed by atoms with E-state index in [1.165, 1.54) is 12.1 Å². The highest BCUT2D eigenvalue weighted by Crippen LogP contribution is 2.17. The Morgan fingerprint density at radius 2 is 1.75 bits per heavy atom. The predicted octanol–water partition coefficient (Wildman–Crippen LogP) is 4.17. The van der Waals surface area contributed by atoms with Crippen LogP contribution in [-0.4, -0.2) is 5.91 Å². The van der Waals surface area contributed by atoms with E-state index in [0.717, 1.165) is 11.1 Å². The number of anilines is 1. The molecule has 3 aromatic rings. The molecule has 0 spiro atoms. The number of carbonyl (C=O) groups is 1. The number of para-hydroxylation sites is 1. The number of carbonyl (C=O) groups excluding carboxylic acids is 1. The normalized spacial score (nSPS) is 10.1. The topological polar surface area (TPSA) is 74.2 Å². The minimum atomic E-state index is -0.554. The fourth-order valence-corrected chi connectivity index (χ4v) is 2.61. The van der Waals surface area contributed by atoms with E-state index in [9.17, 15) is 9.18 Å². The second-order valence-electron chi connectivity index (χ2n) is 6.03. The van der Waals surface area contributed by atoms with Gasteiger partial charge in [-0.25, -0.2) is 9.87 Å². The first-order valence-corrected chi connectivity index (χ1v) is 8.65. The summed E-state index contributed by atoms with van der Waals surface area (Å²) >= 11 is 0. The van der Waals surface area contributed by atoms with Gasteiger partial charge in [0.25, 0.3) is 5.91 Å². The van der Waals surface area contributed by atoms with E-state index in [1.54, 1.807) is 30.3 Å². The summed E-state index contributed by atoms with van der Waals surface area (Å²) in [7, 11) is 0. The number of nitrogens with zero attached hydrogens (tertiary/aromatic N) is 1. The number of hydrogen-bond donors (Lipinski definition) is 2. The van der Waals surface area contributed by atoms with Gasteiger partial charge in [0.2, 0.25) is 0 Å². The van der Waals surface area contributed by atoms with Gasteiger partial charge in [-0.2, -0.15) is 5.26 Å². The first-order valence-electron chi connectivity index (χ1n) is 8.65. The van der Waals surface area contributed by atoms with Crippen LogP contribution in [0.1, 0.15) is 27.0 Å². The molecule has 0 aliphatic carbocycles. The zero-order chi connectivity index (χ0) is 19.8. The second-order valence-corrected chi connectivity index (χ2v) is 6.03. The molecule has 5 nitrogen and oxygen atoms in total. The summed E-state index contributed by atoms with van der Waals surface area (Å²) in [6, 6.07) is 22.6. The van der Waals surface area contributed by atoms with Crippen LogP contribution in [0, 0.1) is 17.1 Å². The molecule has 0 aliphatic heterocycles. The highest BCUT2D eigenvalue weighted by Gasteiger charge is 2.11. The van der Waals surface area contributed by atoms with Gasteiger partial charge in [-0.3, -0.25) is 9.63 Å². The Hall–Kier alpha value is -3.69. The third-order valence-corrected chi connectivity index (χ3v) is 4.05. The van der Waals surface area contributed by atoms with Crippen LogP contribution in [0.4, 0.5) is 10.1 Å². The third-order valence-electron chi connectivity index (χ3n) is 4.05. The fourth-order valence-electron chi connectivity index (χ4n) is 2.61. The average Bonchev–Trinajstić information content (AvgIpc) is 2.74. The summed E-state index contributed by atoms with van der Waals surface area (Å²) in [5, 5.41) is 12.1. The van der Waals surface area contributed by atoms with E-state index >= 15 is 0 Å². The van der Waals surface area contributed by atoms with Gasteiger partial charge in [-0.1, -0.05) is 48.5 Å². The molecule has 2 N–H and O–H groups in total. The first kappa shape index (κ1) is 19.1. The van der Waals surface area contributed by atoms with Gasteiger partial charge >= 0.3 is 0 Å². The zero-order valence-electron chi connectivity index (χ0n) is 15.0. The molecule has 28 heavy (non-hydrogen) atoms. The molecule has 140 valence electrons. The van der Waals surface area contributed by atoms with Crippen LogP contribution >= 0.6 is 0 Å². The number of hydroxylamine groups is 1. The molecule has 0 unspecified atom stereocenters. The van der Waals surface area contributed by atoms with Gasteiger partial charge < -0.3 is 5.32 Å². The van der Waals surface area contributed by atoms with Crippen molar-refractivity contribution in [3.8, 4) is 6.07 Å². The summed E-state index contributed by atoms with van der Waals surface area (Å²) in [6.07, 6.45) is 0. The second kappa shape index (κ2) is 9.31. The Kier molecular flexibility index (Phi) is 6.34. The quantitative estimate of drug-likeness (QED) is 0.608. The highest BCUT2D eigenvalue weighted by atomic mass is 19.1. The number of nitriles is 1. The number of benzene rings is 3. The maximum atomic E-state index is 13.4. The standard InChI is InChI=1S/C22H18FN3O2/c23-20-11-10-17(12-18(20)13-24)14-25-21-9-5-4-8-19(21)22(27)26-28-15-16-6-2-1-3-7-16/h1-12,25H,14-15H2,(H,26,27). The molecule has 0 saturated carbocycles. The molecule has 0 aliphatic rings. The Bertz CT molecular complexity index is 1000. The van der Waals surface area contributed by atoms with Crippen molar-refractivity contribution in [2.45, 2.75) is 13.2 Å². The molecule has 3 rings (SSSR count). The lowest BCUT2D eigenvalue weighted by atomic mass is 10.1. The van der Waals surface area contributed by atoms with Gasteiger partial charge in [-0.05, 0) is 35.4 Å². The zero-order valence-corrected chi connectivity index (χ0v) is 15.0. The average molecular weight is 375 g/mol. The number of halogens is 1. The summed E-state index contributed by atoms with van der Waals surface area (Å²) in [5.41, 5.74) is 5.12. The molecular weight excluding hydrogens is 357 g/mol. The lowest BCUT2D eigenvalue weighted by molar-refractivity contribution is 0.0234. The van der Waals surface area contributed by atoms with Crippen molar-refractivity contribution in [3.63, 3.8) is 0 Å². The van der Waals surface area contributed by atoms with Gasteiger partial charge in [0.05, 0.1) is 17.7 Å². The van der Waals surface area contributed by atoms with Crippen molar-refractivity contribution >= 4 is 11.6 Å². The van der Waals surface area contributed by atoms with Crippen LogP contribution in [0.15, 0.2) is 72.8 Å². The Balaban J connectivity index is 1.62. The van der Waals surface area contributed by atoms with E-state index in [4.69, 9.17) is 10.1 Å². The van der Waals surface area contributed by atoms with Crippen molar-refractivity contribution in [2.75, 3.05) is 5.32 Å². The van der Waals surface area contributed by atoms with E-state index in [0.29, 0.717) is 17.8 Å². The van der Waals surface area contributed by atoms with Crippen molar-refractivity contribution < 1.29 is 14.0 Å². The molecule has 0 heterocycles. The van der Waals surface area contributed by atoms with Crippen molar-refractivity contribution in [2.24, 2.45) is 0 Å². The van der Waals surface area contributed by atoms with Crippen LogP contribution in [0.25, 0.3) is 0 Å². The Morgan fingerprint density at radius 3 is 2.54 bits per heavy atom. The SMILES string of the molecule is N#Cc1cc(CNc2ccccc2C(=O)NOCc2ccccc2)ccc1F. The summed E-state index contributed by atoms with van der Waals surface area (Å²) < 4.78 is 13.4. The predicted molar refractivity (Wildman–Crippen MR) is 104 cm³/mol. The fraction of sp³-hybridized carbons (Fsp3) is 0.0909. The van der Waals surface area contributed by atoms with Crippen molar-refractivity contribution in [1.29, 1.82) is 5.26 Å². The van der Waals surface area contributed by atoms with Crippen molar-refractivity contribution in [3.05, 3.63) is 101 Å². The lowest BCUT2D eigenvalue weighted by Gasteiger charge is -2.12. The molecule has 0 saturated heterocycles. The van der Waals surface area contributed by atoms with Crippen molar-refractivity contribution in [1.82, 2.24) is 5.48 Å². The maximum Gasteiger partial charge on any atom is 0.276 e. The molecular formula is C22H18FN3O2. The van der Waals surface area contributed by atoms with E-state index in [-0.39, 0.29) is 18.1 Å². The smallest absolute Gasteiger partial charge is 0.276 e. The van der Waals surface area contributed by atoms with Gasteiger partial charge in [0, 0.05) is 12.2 Å². The molecule has 6 heteroatoms.